The van der Waals surface area contributed by atoms with Crippen molar-refractivity contribution in [3.63, 3.8) is 0 Å². The van der Waals surface area contributed by atoms with Crippen LogP contribution in [0.2, 0.25) is 39.3 Å². The lowest BCUT2D eigenvalue weighted by Crippen LogP contribution is -2.40. The van der Waals surface area contributed by atoms with Crippen LogP contribution in [0.3, 0.4) is 0 Å². The molecule has 1 aromatic rings. The summed E-state index contributed by atoms with van der Waals surface area (Å²) in [6.45, 7) is 14.6. The van der Waals surface area contributed by atoms with Crippen LogP contribution in [-0.4, -0.2) is 16.1 Å². The van der Waals surface area contributed by atoms with Crippen LogP contribution in [0.25, 0.3) is 0 Å². The molecular formula is C26H44Si2. The van der Waals surface area contributed by atoms with Gasteiger partial charge in [-0.1, -0.05) is 109 Å². The Balaban J connectivity index is 2.42. The van der Waals surface area contributed by atoms with Gasteiger partial charge in [-0.15, -0.1) is 5.54 Å². The van der Waals surface area contributed by atoms with Crippen molar-refractivity contribution >= 4 is 21.3 Å². The monoisotopic (exact) mass is 412 g/mol. The van der Waals surface area contributed by atoms with Crippen molar-refractivity contribution in [2.45, 2.75) is 116 Å². The molecule has 2 bridgehead atoms. The molecule has 0 saturated heterocycles. The SMILES string of the molecule is C[Si](C)(C)C#Cc1c2cc(cc1[Si](C)(C)C)CCCCCCCCCCCC2. The number of aryl methyl sites for hydroxylation is 2. The van der Waals surface area contributed by atoms with Crippen LogP contribution in [0.5, 0.6) is 0 Å². The summed E-state index contributed by atoms with van der Waals surface area (Å²) >= 11 is 0. The largest absolute Gasteiger partial charge is 0.129 e. The zero-order valence-corrected chi connectivity index (χ0v) is 21.6. The maximum absolute atomic E-state index is 3.73. The third-order valence-corrected chi connectivity index (χ3v) is 8.70. The van der Waals surface area contributed by atoms with E-state index in [0.29, 0.717) is 0 Å². The second-order valence-corrected chi connectivity index (χ2v) is 20.8. The van der Waals surface area contributed by atoms with Crippen molar-refractivity contribution in [3.05, 3.63) is 28.8 Å². The number of hydrogen-bond acceptors (Lipinski definition) is 0. The molecule has 0 heterocycles. The summed E-state index contributed by atoms with van der Waals surface area (Å²) in [7, 11) is -2.79. The van der Waals surface area contributed by atoms with E-state index in [9.17, 15) is 0 Å². The van der Waals surface area contributed by atoms with Crippen molar-refractivity contribution in [2.75, 3.05) is 0 Å². The van der Waals surface area contributed by atoms with Crippen molar-refractivity contribution in [2.24, 2.45) is 0 Å². The highest BCUT2D eigenvalue weighted by Gasteiger charge is 2.23. The minimum Gasteiger partial charge on any atom is -0.127 e. The van der Waals surface area contributed by atoms with E-state index in [0.717, 1.165) is 0 Å². The molecule has 1 aliphatic rings. The molecule has 0 unspecified atom stereocenters. The highest BCUT2D eigenvalue weighted by atomic mass is 28.3. The minimum absolute atomic E-state index is 1.22. The van der Waals surface area contributed by atoms with Crippen molar-refractivity contribution < 1.29 is 0 Å². The quantitative estimate of drug-likeness (QED) is 0.331. The Hall–Kier alpha value is -0.786. The van der Waals surface area contributed by atoms with E-state index in [4.69, 9.17) is 0 Å². The fraction of sp³-hybridized carbons (Fsp3) is 0.692. The Kier molecular flexibility index (Phi) is 9.09. The second-order valence-electron chi connectivity index (χ2n) is 11.0. The molecule has 0 atom stereocenters. The van der Waals surface area contributed by atoms with Crippen LogP contribution >= 0.6 is 0 Å². The van der Waals surface area contributed by atoms with E-state index in [1.807, 2.05) is 0 Å². The first kappa shape index (κ1) is 23.5. The Bertz CT molecular complexity index is 677. The lowest BCUT2D eigenvalue weighted by molar-refractivity contribution is 0.553. The van der Waals surface area contributed by atoms with E-state index in [-0.39, 0.29) is 0 Å². The maximum Gasteiger partial charge on any atom is 0.129 e. The molecule has 0 spiro atoms. The Morgan fingerprint density at radius 2 is 1.14 bits per heavy atom. The van der Waals surface area contributed by atoms with E-state index in [1.165, 1.54) is 82.6 Å². The van der Waals surface area contributed by atoms with Gasteiger partial charge in [-0.05, 0) is 42.0 Å². The van der Waals surface area contributed by atoms with Gasteiger partial charge in [0, 0.05) is 5.56 Å². The fourth-order valence-corrected chi connectivity index (χ4v) is 6.25. The van der Waals surface area contributed by atoms with Crippen LogP contribution < -0.4 is 5.19 Å². The van der Waals surface area contributed by atoms with Crippen LogP contribution in [-0.2, 0) is 12.8 Å². The molecule has 0 N–H and O–H groups in total. The molecule has 2 heteroatoms. The van der Waals surface area contributed by atoms with Crippen molar-refractivity contribution in [1.29, 1.82) is 0 Å². The number of hydrogen-bond donors (Lipinski definition) is 0. The Morgan fingerprint density at radius 1 is 0.643 bits per heavy atom. The number of fused-ring (bicyclic) bond motifs is 2. The normalized spacial score (nSPS) is 17.8. The summed E-state index contributed by atoms with van der Waals surface area (Å²) < 4.78 is 0. The van der Waals surface area contributed by atoms with E-state index in [2.05, 4.69) is 62.9 Å². The summed E-state index contributed by atoms with van der Waals surface area (Å²) in [6.07, 6.45) is 16.5. The van der Waals surface area contributed by atoms with Crippen LogP contribution in [0.15, 0.2) is 12.1 Å². The number of rotatable bonds is 1. The molecule has 0 nitrogen and oxygen atoms in total. The van der Waals surface area contributed by atoms with Gasteiger partial charge in [0.2, 0.25) is 0 Å². The van der Waals surface area contributed by atoms with Gasteiger partial charge in [0.25, 0.3) is 0 Å². The second kappa shape index (κ2) is 10.8. The third-order valence-electron chi connectivity index (χ3n) is 5.81. The molecule has 2 rings (SSSR count). The molecule has 1 aromatic carbocycles. The van der Waals surface area contributed by atoms with Gasteiger partial charge in [-0.3, -0.25) is 0 Å². The fourth-order valence-electron chi connectivity index (χ4n) is 4.16. The molecular weight excluding hydrogens is 368 g/mol. The predicted molar refractivity (Wildman–Crippen MR) is 133 cm³/mol. The summed E-state index contributed by atoms with van der Waals surface area (Å²) in [4.78, 5) is 0. The molecule has 0 fully saturated rings. The van der Waals surface area contributed by atoms with Gasteiger partial charge >= 0.3 is 0 Å². The molecule has 0 radical (unpaired) electrons. The highest BCUT2D eigenvalue weighted by Crippen LogP contribution is 2.21. The van der Waals surface area contributed by atoms with E-state index < -0.39 is 16.1 Å². The predicted octanol–water partition coefficient (Wildman–Crippen LogP) is 7.46. The summed E-state index contributed by atoms with van der Waals surface area (Å²) in [6, 6.07) is 5.10. The zero-order valence-electron chi connectivity index (χ0n) is 19.6. The first-order valence-electron chi connectivity index (χ1n) is 11.9. The lowest BCUT2D eigenvalue weighted by Gasteiger charge is -2.23. The maximum atomic E-state index is 3.73. The summed E-state index contributed by atoms with van der Waals surface area (Å²) in [5, 5.41) is 1.62. The molecule has 156 valence electrons. The van der Waals surface area contributed by atoms with Crippen LogP contribution in [0, 0.1) is 11.5 Å². The molecule has 0 amide bonds. The number of benzene rings is 1. The van der Waals surface area contributed by atoms with Gasteiger partial charge in [-0.2, -0.15) is 0 Å². The third kappa shape index (κ3) is 8.30. The highest BCUT2D eigenvalue weighted by molar-refractivity contribution is 6.89. The smallest absolute Gasteiger partial charge is 0.127 e. The van der Waals surface area contributed by atoms with E-state index in [1.54, 1.807) is 16.3 Å². The molecule has 28 heavy (non-hydrogen) atoms. The van der Waals surface area contributed by atoms with Crippen molar-refractivity contribution in [3.8, 4) is 11.5 Å². The summed E-state index contributed by atoms with van der Waals surface area (Å²) in [5.41, 5.74) is 8.27. The van der Waals surface area contributed by atoms with Gasteiger partial charge in [0.15, 0.2) is 0 Å². The topological polar surface area (TPSA) is 0 Å². The molecule has 0 aromatic heterocycles. The Morgan fingerprint density at radius 3 is 1.64 bits per heavy atom. The van der Waals surface area contributed by atoms with E-state index >= 15 is 0 Å². The van der Waals surface area contributed by atoms with Crippen molar-refractivity contribution in [1.82, 2.24) is 0 Å². The average Bonchev–Trinajstić information content (AvgIpc) is 2.59. The Labute approximate surface area is 177 Å². The zero-order chi connectivity index (χ0) is 20.6. The first-order valence-corrected chi connectivity index (χ1v) is 18.9. The minimum atomic E-state index is -1.42. The van der Waals surface area contributed by atoms with Gasteiger partial charge in [-0.25, -0.2) is 0 Å². The lowest BCUT2D eigenvalue weighted by atomic mass is 9.96. The average molecular weight is 413 g/mol. The molecule has 1 aliphatic carbocycles. The van der Waals surface area contributed by atoms with Gasteiger partial charge in [0.05, 0.1) is 8.07 Å². The van der Waals surface area contributed by atoms with Gasteiger partial charge < -0.3 is 0 Å². The molecule has 0 saturated carbocycles. The van der Waals surface area contributed by atoms with Crippen LogP contribution in [0.1, 0.15) is 80.9 Å². The van der Waals surface area contributed by atoms with Crippen LogP contribution in [0.4, 0.5) is 0 Å². The van der Waals surface area contributed by atoms with Gasteiger partial charge in [0.1, 0.15) is 8.07 Å². The summed E-state index contributed by atoms with van der Waals surface area (Å²) in [5.74, 6) is 3.73. The first-order chi connectivity index (χ1) is 13.2. The standard InChI is InChI=1S/C26H44Si2/c1-27(2,3)20-19-25-24-18-16-14-12-10-8-7-9-11-13-15-17-23(21-24)22-26(25)28(4,5)6/h21-22H,7-18H2,1-6H3. The molecule has 0 aliphatic heterocycles.